The molecule has 0 heterocycles. The molecule has 9 nitrogen and oxygen atoms in total. The maximum Gasteiger partial charge on any atom is 0.264 e. The van der Waals surface area contributed by atoms with E-state index in [0.717, 1.165) is 4.31 Å². The van der Waals surface area contributed by atoms with Crippen molar-refractivity contribution in [1.29, 1.82) is 0 Å². The number of nitrogens with one attached hydrogen (secondary N) is 1. The maximum atomic E-state index is 14.1. The first-order chi connectivity index (χ1) is 19.6. The largest absolute Gasteiger partial charge is 0.493 e. The van der Waals surface area contributed by atoms with Gasteiger partial charge in [-0.1, -0.05) is 54.4 Å². The maximum absolute atomic E-state index is 14.1. The Kier molecular flexibility index (Phi) is 11.3. The molecule has 0 saturated heterocycles. The highest BCUT2D eigenvalue weighted by atomic mass is 35.5. The first-order valence-electron chi connectivity index (χ1n) is 12.9. The summed E-state index contributed by atoms with van der Waals surface area (Å²) >= 11 is 12.5. The van der Waals surface area contributed by atoms with Crippen LogP contribution in [0.3, 0.4) is 0 Å². The van der Waals surface area contributed by atoms with Gasteiger partial charge in [0.2, 0.25) is 11.8 Å². The molecule has 1 atom stereocenters. The van der Waals surface area contributed by atoms with E-state index < -0.39 is 28.5 Å². The first-order valence-corrected chi connectivity index (χ1v) is 15.1. The standard InChI is InChI=1S/C29H33Cl2N3O6S/c1-5-25(29(36)32-6-2)33(18-20-12-13-21(30)16-24(20)31)28(35)19-34(41(37,38)23-10-8-7-9-11-23)22-14-15-26(39-3)27(17-22)40-4/h7-17,25H,5-6,18-19H2,1-4H3,(H,32,36)/t25-/m1/s1. The van der Waals surface area contributed by atoms with Crippen LogP contribution in [-0.2, 0) is 26.2 Å². The second kappa shape index (κ2) is 14.4. The zero-order chi connectivity index (χ0) is 30.2. The summed E-state index contributed by atoms with van der Waals surface area (Å²) in [7, 11) is -1.34. The SMILES string of the molecule is CCNC(=O)[C@@H](CC)N(Cc1ccc(Cl)cc1Cl)C(=O)CN(c1ccc(OC)c(OC)c1)S(=O)(=O)c1ccccc1. The van der Waals surface area contributed by atoms with Crippen molar-refractivity contribution in [3.8, 4) is 11.5 Å². The fourth-order valence-corrected chi connectivity index (χ4v) is 6.17. The molecule has 0 radical (unpaired) electrons. The minimum Gasteiger partial charge on any atom is -0.493 e. The van der Waals surface area contributed by atoms with E-state index >= 15 is 0 Å². The molecule has 3 aromatic rings. The van der Waals surface area contributed by atoms with Crippen LogP contribution >= 0.6 is 23.2 Å². The monoisotopic (exact) mass is 621 g/mol. The molecule has 0 bridgehead atoms. The molecular weight excluding hydrogens is 589 g/mol. The molecule has 0 aromatic heterocycles. The van der Waals surface area contributed by atoms with Gasteiger partial charge in [0, 0.05) is 29.2 Å². The van der Waals surface area contributed by atoms with Gasteiger partial charge in [-0.25, -0.2) is 8.42 Å². The molecule has 0 aliphatic heterocycles. The van der Waals surface area contributed by atoms with Crippen LogP contribution in [0.15, 0.2) is 71.6 Å². The number of nitrogens with zero attached hydrogens (tertiary/aromatic N) is 2. The number of sulfonamides is 1. The fourth-order valence-electron chi connectivity index (χ4n) is 4.27. The fraction of sp³-hybridized carbons (Fsp3) is 0.310. The normalized spacial score (nSPS) is 11.9. The van der Waals surface area contributed by atoms with Crippen molar-refractivity contribution in [2.75, 3.05) is 31.6 Å². The molecule has 0 aliphatic carbocycles. The van der Waals surface area contributed by atoms with E-state index in [9.17, 15) is 18.0 Å². The third-order valence-corrected chi connectivity index (χ3v) is 8.73. The first kappa shape index (κ1) is 32.0. The Morgan fingerprint density at radius 3 is 2.20 bits per heavy atom. The van der Waals surface area contributed by atoms with Gasteiger partial charge in [-0.2, -0.15) is 0 Å². The van der Waals surface area contributed by atoms with Crippen molar-refractivity contribution in [1.82, 2.24) is 10.2 Å². The average Bonchev–Trinajstić information content (AvgIpc) is 2.96. The predicted molar refractivity (Wildman–Crippen MR) is 160 cm³/mol. The minimum absolute atomic E-state index is 0.00866. The van der Waals surface area contributed by atoms with Crippen molar-refractivity contribution in [2.45, 2.75) is 37.8 Å². The van der Waals surface area contributed by atoms with Gasteiger partial charge in [0.05, 0.1) is 24.8 Å². The van der Waals surface area contributed by atoms with E-state index in [-0.39, 0.29) is 35.2 Å². The Morgan fingerprint density at radius 1 is 0.927 bits per heavy atom. The van der Waals surface area contributed by atoms with Gasteiger partial charge in [0.25, 0.3) is 10.0 Å². The molecule has 1 N–H and O–H groups in total. The van der Waals surface area contributed by atoms with E-state index in [1.165, 1.54) is 43.4 Å². The van der Waals surface area contributed by atoms with Crippen LogP contribution in [0, 0.1) is 0 Å². The quantitative estimate of drug-likeness (QED) is 0.283. The number of anilines is 1. The van der Waals surface area contributed by atoms with Crippen molar-refractivity contribution < 1.29 is 27.5 Å². The van der Waals surface area contributed by atoms with E-state index in [0.29, 0.717) is 27.9 Å². The molecular formula is C29H33Cl2N3O6S. The van der Waals surface area contributed by atoms with Crippen molar-refractivity contribution in [2.24, 2.45) is 0 Å². The third-order valence-electron chi connectivity index (χ3n) is 6.36. The summed E-state index contributed by atoms with van der Waals surface area (Å²) in [6.07, 6.45) is 0.282. The molecule has 3 aromatic carbocycles. The molecule has 0 spiro atoms. The van der Waals surface area contributed by atoms with Crippen LogP contribution in [0.2, 0.25) is 10.0 Å². The summed E-state index contributed by atoms with van der Waals surface area (Å²) in [5.74, 6) is -0.300. The number of likely N-dealkylation sites (N-methyl/N-ethyl adjacent to an activating group) is 1. The summed E-state index contributed by atoms with van der Waals surface area (Å²) in [6.45, 7) is 3.26. The highest BCUT2D eigenvalue weighted by Gasteiger charge is 2.34. The molecule has 3 rings (SSSR count). The number of rotatable bonds is 13. The van der Waals surface area contributed by atoms with E-state index in [1.54, 1.807) is 56.3 Å². The smallest absolute Gasteiger partial charge is 0.264 e. The van der Waals surface area contributed by atoms with Gasteiger partial charge in [0.1, 0.15) is 12.6 Å². The van der Waals surface area contributed by atoms with Crippen LogP contribution in [0.5, 0.6) is 11.5 Å². The molecule has 41 heavy (non-hydrogen) atoms. The number of halogens is 2. The van der Waals surface area contributed by atoms with Crippen molar-refractivity contribution >= 4 is 50.7 Å². The van der Waals surface area contributed by atoms with Gasteiger partial charge in [-0.15, -0.1) is 0 Å². The van der Waals surface area contributed by atoms with Crippen LogP contribution in [0.25, 0.3) is 0 Å². The number of benzene rings is 3. The van der Waals surface area contributed by atoms with E-state index in [2.05, 4.69) is 5.32 Å². The van der Waals surface area contributed by atoms with Crippen molar-refractivity contribution in [3.63, 3.8) is 0 Å². The predicted octanol–water partition coefficient (Wildman–Crippen LogP) is 5.15. The number of carbonyl (C=O) groups excluding carboxylic acids is 2. The molecule has 0 unspecified atom stereocenters. The Morgan fingerprint density at radius 2 is 1.61 bits per heavy atom. The number of methoxy groups -OCH3 is 2. The van der Waals surface area contributed by atoms with E-state index in [4.69, 9.17) is 32.7 Å². The Balaban J connectivity index is 2.12. The number of ether oxygens (including phenoxy) is 2. The Bertz CT molecular complexity index is 1470. The average molecular weight is 623 g/mol. The topological polar surface area (TPSA) is 105 Å². The zero-order valence-electron chi connectivity index (χ0n) is 23.3. The molecule has 0 aliphatic rings. The Labute approximate surface area is 251 Å². The van der Waals surface area contributed by atoms with Gasteiger partial charge >= 0.3 is 0 Å². The van der Waals surface area contributed by atoms with Gasteiger partial charge in [0.15, 0.2) is 11.5 Å². The molecule has 2 amide bonds. The molecule has 220 valence electrons. The van der Waals surface area contributed by atoms with Crippen LogP contribution < -0.4 is 19.1 Å². The number of amides is 2. The molecule has 12 heteroatoms. The lowest BCUT2D eigenvalue weighted by atomic mass is 10.1. The minimum atomic E-state index is -4.23. The summed E-state index contributed by atoms with van der Waals surface area (Å²) in [5.41, 5.74) is 0.728. The van der Waals surface area contributed by atoms with Gasteiger partial charge in [-0.05, 0) is 55.3 Å². The zero-order valence-corrected chi connectivity index (χ0v) is 25.6. The Hall–Kier alpha value is -3.47. The number of hydrogen-bond acceptors (Lipinski definition) is 6. The molecule has 0 saturated carbocycles. The second-order valence-electron chi connectivity index (χ2n) is 8.94. The van der Waals surface area contributed by atoms with E-state index in [1.807, 2.05) is 0 Å². The second-order valence-corrected chi connectivity index (χ2v) is 11.6. The third kappa shape index (κ3) is 7.63. The van der Waals surface area contributed by atoms with Crippen LogP contribution in [0.4, 0.5) is 5.69 Å². The highest BCUT2D eigenvalue weighted by Crippen LogP contribution is 2.34. The summed E-state index contributed by atoms with van der Waals surface area (Å²) in [6, 6.07) is 16.3. The summed E-state index contributed by atoms with van der Waals surface area (Å²) < 4.78 is 39.6. The lowest BCUT2D eigenvalue weighted by Crippen LogP contribution is -2.52. The highest BCUT2D eigenvalue weighted by molar-refractivity contribution is 7.92. The van der Waals surface area contributed by atoms with Crippen LogP contribution in [-0.4, -0.2) is 58.5 Å². The van der Waals surface area contributed by atoms with Crippen LogP contribution in [0.1, 0.15) is 25.8 Å². The summed E-state index contributed by atoms with van der Waals surface area (Å²) in [4.78, 5) is 28.5. The lowest BCUT2D eigenvalue weighted by Gasteiger charge is -2.33. The lowest BCUT2D eigenvalue weighted by molar-refractivity contribution is -0.140. The molecule has 0 fully saturated rings. The van der Waals surface area contributed by atoms with Crippen molar-refractivity contribution in [3.05, 3.63) is 82.3 Å². The summed E-state index contributed by atoms with van der Waals surface area (Å²) in [5, 5.41) is 3.49. The number of hydrogen-bond donors (Lipinski definition) is 1. The van der Waals surface area contributed by atoms with Gasteiger partial charge < -0.3 is 19.7 Å². The number of carbonyl (C=O) groups is 2. The van der Waals surface area contributed by atoms with Gasteiger partial charge in [-0.3, -0.25) is 13.9 Å².